The summed E-state index contributed by atoms with van der Waals surface area (Å²) in [6, 6.07) is 3.75. The molecular formula is C13H20N2O2. The Morgan fingerprint density at radius 1 is 1.59 bits per heavy atom. The number of hydrogen-bond acceptors (Lipinski definition) is 4. The predicted octanol–water partition coefficient (Wildman–Crippen LogP) is 2.05. The smallest absolute Gasteiger partial charge is 0.168 e. The Bertz CT molecular complexity index is 353. The number of anilines is 1. The Morgan fingerprint density at radius 3 is 3.12 bits per heavy atom. The Morgan fingerprint density at radius 2 is 2.41 bits per heavy atom. The zero-order chi connectivity index (χ0) is 12.1. The second-order valence-corrected chi connectivity index (χ2v) is 4.48. The molecule has 2 rings (SSSR count). The minimum atomic E-state index is -0.268. The first-order chi connectivity index (χ1) is 8.31. The van der Waals surface area contributed by atoms with E-state index in [1.165, 1.54) is 0 Å². The quantitative estimate of drug-likeness (QED) is 0.761. The van der Waals surface area contributed by atoms with Crippen molar-refractivity contribution in [3.63, 3.8) is 0 Å². The fourth-order valence-electron chi connectivity index (χ4n) is 1.70. The standard InChI is InChI=1S/C13H20N2O2/c1-2-8-17-12-4-3-7-14-13(12)15-9-11(16)10-5-6-10/h3-4,7,10-11,16H,2,5-6,8-9H2,1H3,(H,14,15). The number of aliphatic hydroxyl groups is 1. The van der Waals surface area contributed by atoms with E-state index in [9.17, 15) is 5.11 Å². The van der Waals surface area contributed by atoms with E-state index in [1.54, 1.807) is 6.20 Å². The molecule has 1 heterocycles. The van der Waals surface area contributed by atoms with Gasteiger partial charge in [-0.25, -0.2) is 4.98 Å². The third-order valence-corrected chi connectivity index (χ3v) is 2.88. The Kier molecular flexibility index (Phi) is 4.20. The Labute approximate surface area is 102 Å². The molecule has 0 spiro atoms. The van der Waals surface area contributed by atoms with Gasteiger partial charge >= 0.3 is 0 Å². The third-order valence-electron chi connectivity index (χ3n) is 2.88. The summed E-state index contributed by atoms with van der Waals surface area (Å²) in [5.41, 5.74) is 0. The zero-order valence-electron chi connectivity index (χ0n) is 10.2. The highest BCUT2D eigenvalue weighted by molar-refractivity contribution is 5.49. The lowest BCUT2D eigenvalue weighted by molar-refractivity contribution is 0.164. The molecular weight excluding hydrogens is 216 g/mol. The summed E-state index contributed by atoms with van der Waals surface area (Å²) in [7, 11) is 0. The van der Waals surface area contributed by atoms with Crippen LogP contribution < -0.4 is 10.1 Å². The van der Waals surface area contributed by atoms with Crippen LogP contribution >= 0.6 is 0 Å². The maximum Gasteiger partial charge on any atom is 0.168 e. The molecule has 4 nitrogen and oxygen atoms in total. The highest BCUT2D eigenvalue weighted by atomic mass is 16.5. The maximum atomic E-state index is 9.79. The molecule has 0 bridgehead atoms. The third kappa shape index (κ3) is 3.60. The number of aliphatic hydroxyl groups excluding tert-OH is 1. The topological polar surface area (TPSA) is 54.4 Å². The summed E-state index contributed by atoms with van der Waals surface area (Å²) in [5.74, 6) is 1.96. The van der Waals surface area contributed by atoms with E-state index in [1.807, 2.05) is 12.1 Å². The van der Waals surface area contributed by atoms with Crippen LogP contribution in [0.3, 0.4) is 0 Å². The van der Waals surface area contributed by atoms with Gasteiger partial charge in [-0.05, 0) is 37.3 Å². The highest BCUT2D eigenvalue weighted by Crippen LogP contribution is 2.32. The van der Waals surface area contributed by atoms with Gasteiger partial charge in [0.25, 0.3) is 0 Å². The molecule has 1 fully saturated rings. The molecule has 0 radical (unpaired) electrons. The number of rotatable bonds is 7. The van der Waals surface area contributed by atoms with Crippen molar-refractivity contribution in [1.82, 2.24) is 4.98 Å². The lowest BCUT2D eigenvalue weighted by atomic mass is 10.2. The molecule has 0 aliphatic heterocycles. The van der Waals surface area contributed by atoms with Crippen molar-refractivity contribution in [3.8, 4) is 5.75 Å². The maximum absolute atomic E-state index is 9.79. The van der Waals surface area contributed by atoms with E-state index in [0.717, 1.165) is 30.8 Å². The fraction of sp³-hybridized carbons (Fsp3) is 0.615. The molecule has 17 heavy (non-hydrogen) atoms. The van der Waals surface area contributed by atoms with Gasteiger partial charge in [-0.2, -0.15) is 0 Å². The molecule has 0 aromatic carbocycles. The van der Waals surface area contributed by atoms with E-state index in [0.29, 0.717) is 19.1 Å². The first kappa shape index (κ1) is 12.2. The molecule has 1 aliphatic carbocycles. The van der Waals surface area contributed by atoms with Gasteiger partial charge in [-0.15, -0.1) is 0 Å². The number of aromatic nitrogens is 1. The molecule has 1 atom stereocenters. The Balaban J connectivity index is 1.89. The normalized spacial score (nSPS) is 16.6. The minimum Gasteiger partial charge on any atom is -0.490 e. The monoisotopic (exact) mass is 236 g/mol. The van der Waals surface area contributed by atoms with Gasteiger partial charge in [0.1, 0.15) is 0 Å². The average Bonchev–Trinajstić information content (AvgIpc) is 3.18. The van der Waals surface area contributed by atoms with E-state index >= 15 is 0 Å². The van der Waals surface area contributed by atoms with Crippen LogP contribution in [0.5, 0.6) is 5.75 Å². The van der Waals surface area contributed by atoms with E-state index in [-0.39, 0.29) is 6.10 Å². The fourth-order valence-corrected chi connectivity index (χ4v) is 1.70. The molecule has 1 aromatic heterocycles. The molecule has 0 saturated heterocycles. The van der Waals surface area contributed by atoms with Gasteiger partial charge in [0.15, 0.2) is 11.6 Å². The van der Waals surface area contributed by atoms with Crippen molar-refractivity contribution in [2.24, 2.45) is 5.92 Å². The van der Waals surface area contributed by atoms with Gasteiger partial charge in [0.2, 0.25) is 0 Å². The molecule has 1 aromatic rings. The van der Waals surface area contributed by atoms with Gasteiger partial charge < -0.3 is 15.2 Å². The van der Waals surface area contributed by atoms with Crippen LogP contribution in [-0.2, 0) is 0 Å². The van der Waals surface area contributed by atoms with Gasteiger partial charge in [0.05, 0.1) is 12.7 Å². The van der Waals surface area contributed by atoms with Crippen LogP contribution in [0.4, 0.5) is 5.82 Å². The van der Waals surface area contributed by atoms with Crippen LogP contribution in [0.25, 0.3) is 0 Å². The van der Waals surface area contributed by atoms with Crippen LogP contribution in [0, 0.1) is 5.92 Å². The number of hydrogen-bond donors (Lipinski definition) is 2. The molecule has 4 heteroatoms. The van der Waals surface area contributed by atoms with Crippen molar-refractivity contribution in [2.75, 3.05) is 18.5 Å². The molecule has 0 amide bonds. The van der Waals surface area contributed by atoms with E-state index in [4.69, 9.17) is 4.74 Å². The average molecular weight is 236 g/mol. The number of nitrogens with one attached hydrogen (secondary N) is 1. The summed E-state index contributed by atoms with van der Waals surface area (Å²) in [5, 5.41) is 12.9. The van der Waals surface area contributed by atoms with Crippen LogP contribution in [0.2, 0.25) is 0 Å². The Hall–Kier alpha value is -1.29. The number of ether oxygens (including phenoxy) is 1. The molecule has 1 unspecified atom stereocenters. The summed E-state index contributed by atoms with van der Waals surface area (Å²) in [6.07, 6.45) is 4.72. The van der Waals surface area contributed by atoms with Crippen LogP contribution in [0.1, 0.15) is 26.2 Å². The van der Waals surface area contributed by atoms with Crippen LogP contribution in [-0.4, -0.2) is 29.3 Å². The lowest BCUT2D eigenvalue weighted by Gasteiger charge is -2.14. The summed E-state index contributed by atoms with van der Waals surface area (Å²) >= 11 is 0. The molecule has 1 aliphatic rings. The minimum absolute atomic E-state index is 0.268. The first-order valence-corrected chi connectivity index (χ1v) is 6.31. The van der Waals surface area contributed by atoms with Crippen molar-refractivity contribution < 1.29 is 9.84 Å². The SMILES string of the molecule is CCCOc1cccnc1NCC(O)C1CC1. The summed E-state index contributed by atoms with van der Waals surface area (Å²) < 4.78 is 5.59. The second kappa shape index (κ2) is 5.87. The molecule has 2 N–H and O–H groups in total. The van der Waals surface area contributed by atoms with Gasteiger partial charge in [-0.1, -0.05) is 6.92 Å². The van der Waals surface area contributed by atoms with Crippen molar-refractivity contribution in [1.29, 1.82) is 0 Å². The first-order valence-electron chi connectivity index (χ1n) is 6.31. The van der Waals surface area contributed by atoms with Crippen LogP contribution in [0.15, 0.2) is 18.3 Å². The van der Waals surface area contributed by atoms with E-state index < -0.39 is 0 Å². The number of nitrogens with zero attached hydrogens (tertiary/aromatic N) is 1. The summed E-state index contributed by atoms with van der Waals surface area (Å²) in [6.45, 7) is 3.30. The number of pyridine rings is 1. The predicted molar refractivity (Wildman–Crippen MR) is 67.2 cm³/mol. The van der Waals surface area contributed by atoms with Crippen molar-refractivity contribution >= 4 is 5.82 Å². The molecule has 94 valence electrons. The van der Waals surface area contributed by atoms with Crippen molar-refractivity contribution in [3.05, 3.63) is 18.3 Å². The van der Waals surface area contributed by atoms with Gasteiger partial charge in [-0.3, -0.25) is 0 Å². The second-order valence-electron chi connectivity index (χ2n) is 4.48. The van der Waals surface area contributed by atoms with E-state index in [2.05, 4.69) is 17.2 Å². The summed E-state index contributed by atoms with van der Waals surface area (Å²) in [4.78, 5) is 4.24. The largest absolute Gasteiger partial charge is 0.490 e. The van der Waals surface area contributed by atoms with Gasteiger partial charge in [0, 0.05) is 12.7 Å². The molecule has 1 saturated carbocycles. The lowest BCUT2D eigenvalue weighted by Crippen LogP contribution is -2.22. The highest BCUT2D eigenvalue weighted by Gasteiger charge is 2.29. The zero-order valence-corrected chi connectivity index (χ0v) is 10.2. The van der Waals surface area contributed by atoms with Crippen molar-refractivity contribution in [2.45, 2.75) is 32.3 Å².